The van der Waals surface area contributed by atoms with Gasteiger partial charge >= 0.3 is 5.97 Å². The van der Waals surface area contributed by atoms with Crippen LogP contribution in [0, 0.1) is 11.3 Å². The Morgan fingerprint density at radius 2 is 2.23 bits per heavy atom. The quantitative estimate of drug-likeness (QED) is 0.567. The van der Waals surface area contributed by atoms with E-state index in [1.54, 1.807) is 13.8 Å². The Hall–Kier alpha value is -1.70. The molecule has 0 aliphatic carbocycles. The van der Waals surface area contributed by atoms with Crippen molar-refractivity contribution in [3.05, 3.63) is 11.3 Å². The third kappa shape index (κ3) is 1.43. The molecule has 1 aliphatic heterocycles. The number of methoxy groups -OCH3 is 1. The number of azo groups is 1. The minimum Gasteiger partial charge on any atom is -0.464 e. The molecule has 0 N–H and O–H groups in total. The molecule has 0 fully saturated rings. The van der Waals surface area contributed by atoms with Crippen LogP contribution >= 0.6 is 0 Å². The molecule has 0 amide bonds. The summed E-state index contributed by atoms with van der Waals surface area (Å²) >= 11 is 0. The molecular weight excluding hydrogens is 170 g/mol. The molecule has 0 radical (unpaired) electrons. The summed E-state index contributed by atoms with van der Waals surface area (Å²) < 4.78 is 4.46. The second kappa shape index (κ2) is 2.98. The average molecular weight is 179 g/mol. The van der Waals surface area contributed by atoms with Gasteiger partial charge in [-0.2, -0.15) is 10.4 Å². The van der Waals surface area contributed by atoms with Crippen molar-refractivity contribution in [1.29, 1.82) is 5.26 Å². The highest BCUT2D eigenvalue weighted by Gasteiger charge is 2.35. The zero-order chi connectivity index (χ0) is 10.1. The number of carbonyl (C=O) groups excluding carboxylic acids is 1. The van der Waals surface area contributed by atoms with Gasteiger partial charge in [0.15, 0.2) is 5.70 Å². The van der Waals surface area contributed by atoms with E-state index in [4.69, 9.17) is 5.26 Å². The molecule has 1 heterocycles. The molecule has 0 spiro atoms. The Kier molecular flexibility index (Phi) is 2.15. The van der Waals surface area contributed by atoms with Gasteiger partial charge in [-0.25, -0.2) is 4.79 Å². The molecule has 0 unspecified atom stereocenters. The maximum Gasteiger partial charge on any atom is 0.359 e. The van der Waals surface area contributed by atoms with Crippen molar-refractivity contribution in [2.24, 2.45) is 10.2 Å². The number of esters is 1. The Balaban J connectivity index is 3.17. The number of ether oxygens (including phenoxy) is 1. The van der Waals surface area contributed by atoms with E-state index in [-0.39, 0.29) is 11.3 Å². The van der Waals surface area contributed by atoms with E-state index in [9.17, 15) is 4.79 Å². The van der Waals surface area contributed by atoms with E-state index >= 15 is 0 Å². The lowest BCUT2D eigenvalue weighted by Crippen LogP contribution is -2.17. The van der Waals surface area contributed by atoms with Crippen molar-refractivity contribution in [1.82, 2.24) is 0 Å². The van der Waals surface area contributed by atoms with Crippen LogP contribution in [0.15, 0.2) is 21.5 Å². The fourth-order valence-electron chi connectivity index (χ4n) is 0.994. The van der Waals surface area contributed by atoms with Crippen LogP contribution in [0.2, 0.25) is 0 Å². The fraction of sp³-hybridized carbons (Fsp3) is 0.500. The maximum absolute atomic E-state index is 11.1. The van der Waals surface area contributed by atoms with Gasteiger partial charge in [-0.1, -0.05) is 0 Å². The molecule has 0 saturated heterocycles. The summed E-state index contributed by atoms with van der Waals surface area (Å²) in [4.78, 5) is 11.1. The number of nitrogens with zero attached hydrogens (tertiary/aromatic N) is 3. The zero-order valence-corrected chi connectivity index (χ0v) is 7.66. The van der Waals surface area contributed by atoms with Crippen LogP contribution in [-0.4, -0.2) is 18.6 Å². The van der Waals surface area contributed by atoms with Crippen LogP contribution in [0.5, 0.6) is 0 Å². The normalized spacial score (nSPS) is 18.6. The molecule has 0 aromatic carbocycles. The third-order valence-electron chi connectivity index (χ3n) is 1.74. The molecule has 5 nitrogen and oxygen atoms in total. The largest absolute Gasteiger partial charge is 0.464 e. The van der Waals surface area contributed by atoms with Gasteiger partial charge in [0.25, 0.3) is 0 Å². The molecule has 0 saturated carbocycles. The SMILES string of the molecule is COC(=O)C1=C(C#N)C(C)(C)N=N1. The summed E-state index contributed by atoms with van der Waals surface area (Å²) in [5.74, 6) is -0.620. The van der Waals surface area contributed by atoms with Crippen molar-refractivity contribution >= 4 is 5.97 Å². The lowest BCUT2D eigenvalue weighted by Gasteiger charge is -2.10. The molecule has 5 heteroatoms. The van der Waals surface area contributed by atoms with Gasteiger partial charge in [0, 0.05) is 0 Å². The van der Waals surface area contributed by atoms with Crippen molar-refractivity contribution in [3.63, 3.8) is 0 Å². The first-order valence-electron chi connectivity index (χ1n) is 3.69. The van der Waals surface area contributed by atoms with Crippen molar-refractivity contribution in [2.75, 3.05) is 7.11 Å². The fourth-order valence-corrected chi connectivity index (χ4v) is 0.994. The van der Waals surface area contributed by atoms with Crippen LogP contribution in [0.25, 0.3) is 0 Å². The maximum atomic E-state index is 11.1. The highest BCUT2D eigenvalue weighted by atomic mass is 16.5. The first-order chi connectivity index (χ1) is 6.03. The van der Waals surface area contributed by atoms with E-state index in [1.165, 1.54) is 7.11 Å². The summed E-state index contributed by atoms with van der Waals surface area (Å²) in [6.45, 7) is 3.43. The summed E-state index contributed by atoms with van der Waals surface area (Å²) in [6.07, 6.45) is 0. The number of nitriles is 1. The Labute approximate surface area is 75.7 Å². The number of hydrogen-bond donors (Lipinski definition) is 0. The highest BCUT2D eigenvalue weighted by Crippen LogP contribution is 2.31. The molecule has 0 aromatic rings. The van der Waals surface area contributed by atoms with Gasteiger partial charge in [-0.3, -0.25) is 0 Å². The summed E-state index contributed by atoms with van der Waals surface area (Å²) in [5.41, 5.74) is -0.451. The molecule has 0 atom stereocenters. The summed E-state index contributed by atoms with van der Waals surface area (Å²) in [7, 11) is 1.24. The van der Waals surface area contributed by atoms with E-state index in [2.05, 4.69) is 15.0 Å². The van der Waals surface area contributed by atoms with Crippen LogP contribution < -0.4 is 0 Å². The molecule has 0 bridgehead atoms. The lowest BCUT2D eigenvalue weighted by molar-refractivity contribution is -0.136. The first kappa shape index (κ1) is 9.39. The van der Waals surface area contributed by atoms with Gasteiger partial charge in [0.1, 0.15) is 5.54 Å². The predicted octanol–water partition coefficient (Wildman–Crippen LogP) is 1.18. The molecular formula is C8H9N3O2. The second-order valence-corrected chi connectivity index (χ2v) is 3.09. The minimum absolute atomic E-state index is 0.00926. The summed E-state index contributed by atoms with van der Waals surface area (Å²) in [6, 6.07) is 1.91. The van der Waals surface area contributed by atoms with Crippen LogP contribution in [0.1, 0.15) is 13.8 Å². The number of hydrogen-bond acceptors (Lipinski definition) is 5. The molecule has 1 rings (SSSR count). The van der Waals surface area contributed by atoms with Gasteiger partial charge in [0.2, 0.25) is 0 Å². The van der Waals surface area contributed by atoms with Gasteiger partial charge in [-0.05, 0) is 13.8 Å². The van der Waals surface area contributed by atoms with Crippen molar-refractivity contribution in [3.8, 4) is 6.07 Å². The van der Waals surface area contributed by atoms with E-state index in [0.717, 1.165) is 0 Å². The van der Waals surface area contributed by atoms with Gasteiger partial charge in [-0.15, -0.1) is 5.11 Å². The van der Waals surface area contributed by atoms with Crippen molar-refractivity contribution < 1.29 is 9.53 Å². The Bertz CT molecular complexity index is 347. The smallest absolute Gasteiger partial charge is 0.359 e. The number of carbonyl (C=O) groups is 1. The predicted molar refractivity (Wildman–Crippen MR) is 43.6 cm³/mol. The molecule has 13 heavy (non-hydrogen) atoms. The molecule has 0 aromatic heterocycles. The topological polar surface area (TPSA) is 74.8 Å². The standard InChI is InChI=1S/C8H9N3O2/c1-8(2)5(4-9)6(10-11-8)7(12)13-3/h1-3H3. The second-order valence-electron chi connectivity index (χ2n) is 3.09. The Morgan fingerprint density at radius 3 is 2.69 bits per heavy atom. The van der Waals surface area contributed by atoms with E-state index in [0.29, 0.717) is 0 Å². The van der Waals surface area contributed by atoms with Crippen LogP contribution in [0.4, 0.5) is 0 Å². The molecule has 68 valence electrons. The zero-order valence-electron chi connectivity index (χ0n) is 7.66. The first-order valence-corrected chi connectivity index (χ1v) is 3.69. The average Bonchev–Trinajstić information content (AvgIpc) is 2.39. The van der Waals surface area contributed by atoms with Gasteiger partial charge < -0.3 is 4.74 Å². The number of rotatable bonds is 1. The van der Waals surface area contributed by atoms with Gasteiger partial charge in [0.05, 0.1) is 18.8 Å². The highest BCUT2D eigenvalue weighted by molar-refractivity contribution is 5.90. The minimum atomic E-state index is -0.710. The lowest BCUT2D eigenvalue weighted by atomic mass is 9.96. The molecule has 1 aliphatic rings. The third-order valence-corrected chi connectivity index (χ3v) is 1.74. The van der Waals surface area contributed by atoms with E-state index in [1.807, 2.05) is 6.07 Å². The monoisotopic (exact) mass is 179 g/mol. The van der Waals surface area contributed by atoms with E-state index < -0.39 is 11.5 Å². The summed E-state index contributed by atoms with van der Waals surface area (Å²) in [5, 5.41) is 16.2. The van der Waals surface area contributed by atoms with Crippen LogP contribution in [-0.2, 0) is 9.53 Å². The van der Waals surface area contributed by atoms with Crippen LogP contribution in [0.3, 0.4) is 0 Å². The Morgan fingerprint density at radius 1 is 1.62 bits per heavy atom. The van der Waals surface area contributed by atoms with Crippen molar-refractivity contribution in [2.45, 2.75) is 19.4 Å².